The third kappa shape index (κ3) is 4.06. The van der Waals surface area contributed by atoms with E-state index in [1.54, 1.807) is 0 Å². The SMILES string of the molecule is c1ccc(N2c3ccccc3Oc3cc(-c4c5ccccc5c(-c5ccc6c(ccc7ccccc76)c5)c5ccccc45)ccc32)cc1. The maximum absolute atomic E-state index is 6.64. The quantitative estimate of drug-likeness (QED) is 0.146. The molecule has 0 atom stereocenters. The summed E-state index contributed by atoms with van der Waals surface area (Å²) in [7, 11) is 0. The van der Waals surface area contributed by atoms with Gasteiger partial charge in [0.2, 0.25) is 0 Å². The molecule has 224 valence electrons. The highest BCUT2D eigenvalue weighted by atomic mass is 16.5. The highest BCUT2D eigenvalue weighted by molar-refractivity contribution is 6.22. The van der Waals surface area contributed by atoms with Gasteiger partial charge in [0.25, 0.3) is 0 Å². The van der Waals surface area contributed by atoms with Crippen LogP contribution in [0.5, 0.6) is 11.5 Å². The van der Waals surface area contributed by atoms with Crippen LogP contribution >= 0.6 is 0 Å². The molecule has 9 aromatic carbocycles. The van der Waals surface area contributed by atoms with Gasteiger partial charge in [-0.15, -0.1) is 0 Å². The predicted octanol–water partition coefficient (Wildman–Crippen LogP) is 13.2. The van der Waals surface area contributed by atoms with Crippen LogP contribution in [0, 0.1) is 0 Å². The predicted molar refractivity (Wildman–Crippen MR) is 202 cm³/mol. The van der Waals surface area contributed by atoms with Crippen molar-refractivity contribution in [2.45, 2.75) is 0 Å². The maximum Gasteiger partial charge on any atom is 0.152 e. The molecule has 0 radical (unpaired) electrons. The van der Waals surface area contributed by atoms with Crippen molar-refractivity contribution >= 4 is 60.2 Å². The molecule has 1 aliphatic heterocycles. The van der Waals surface area contributed by atoms with Gasteiger partial charge in [0.15, 0.2) is 11.5 Å². The highest BCUT2D eigenvalue weighted by Crippen LogP contribution is 2.52. The van der Waals surface area contributed by atoms with Crippen molar-refractivity contribution in [3.63, 3.8) is 0 Å². The van der Waals surface area contributed by atoms with Crippen molar-refractivity contribution in [3.8, 4) is 33.8 Å². The summed E-state index contributed by atoms with van der Waals surface area (Å²) in [5.74, 6) is 1.69. The summed E-state index contributed by atoms with van der Waals surface area (Å²) in [5, 5.41) is 10.0. The number of benzene rings is 9. The molecule has 0 bridgehead atoms. The summed E-state index contributed by atoms with van der Waals surface area (Å²) in [6, 6.07) is 63.2. The lowest BCUT2D eigenvalue weighted by atomic mass is 9.85. The number of fused-ring (bicyclic) bond motifs is 7. The fraction of sp³-hybridized carbons (Fsp3) is 0. The van der Waals surface area contributed by atoms with Crippen molar-refractivity contribution in [2.24, 2.45) is 0 Å². The molecular weight excluding hydrogens is 583 g/mol. The van der Waals surface area contributed by atoms with Crippen LogP contribution < -0.4 is 9.64 Å². The van der Waals surface area contributed by atoms with Crippen molar-refractivity contribution in [2.75, 3.05) is 4.90 Å². The average Bonchev–Trinajstić information content (AvgIpc) is 3.15. The number of rotatable bonds is 3. The summed E-state index contributed by atoms with van der Waals surface area (Å²) >= 11 is 0. The number of nitrogens with zero attached hydrogens (tertiary/aromatic N) is 1. The summed E-state index contributed by atoms with van der Waals surface area (Å²) in [4.78, 5) is 2.29. The van der Waals surface area contributed by atoms with Crippen LogP contribution in [-0.4, -0.2) is 0 Å². The molecule has 0 saturated carbocycles. The van der Waals surface area contributed by atoms with Crippen LogP contribution in [-0.2, 0) is 0 Å². The molecule has 1 heterocycles. The molecule has 0 saturated heterocycles. The number of anilines is 3. The van der Waals surface area contributed by atoms with E-state index < -0.39 is 0 Å². The monoisotopic (exact) mass is 611 g/mol. The van der Waals surface area contributed by atoms with Gasteiger partial charge in [-0.1, -0.05) is 133 Å². The Balaban J connectivity index is 1.20. The van der Waals surface area contributed by atoms with Crippen LogP contribution in [0.1, 0.15) is 0 Å². The maximum atomic E-state index is 6.64. The van der Waals surface area contributed by atoms with E-state index in [9.17, 15) is 0 Å². The Morgan fingerprint density at radius 3 is 1.58 bits per heavy atom. The van der Waals surface area contributed by atoms with Crippen molar-refractivity contribution in [3.05, 3.63) is 176 Å². The van der Waals surface area contributed by atoms with Crippen LogP contribution in [0.2, 0.25) is 0 Å². The second-order valence-electron chi connectivity index (χ2n) is 12.5. The number of ether oxygens (including phenoxy) is 1. The van der Waals surface area contributed by atoms with E-state index in [-0.39, 0.29) is 0 Å². The molecule has 0 fully saturated rings. The van der Waals surface area contributed by atoms with Crippen LogP contribution in [0.4, 0.5) is 17.1 Å². The third-order valence-corrected chi connectivity index (χ3v) is 9.79. The van der Waals surface area contributed by atoms with Gasteiger partial charge in [-0.2, -0.15) is 0 Å². The second-order valence-corrected chi connectivity index (χ2v) is 12.5. The summed E-state index contributed by atoms with van der Waals surface area (Å²) < 4.78 is 6.64. The minimum absolute atomic E-state index is 0.842. The second kappa shape index (κ2) is 10.6. The van der Waals surface area contributed by atoms with Gasteiger partial charge < -0.3 is 9.64 Å². The van der Waals surface area contributed by atoms with E-state index in [0.717, 1.165) is 34.1 Å². The molecule has 0 unspecified atom stereocenters. The van der Waals surface area contributed by atoms with Crippen LogP contribution in [0.15, 0.2) is 176 Å². The summed E-state index contributed by atoms with van der Waals surface area (Å²) in [5.41, 5.74) is 7.99. The van der Waals surface area contributed by atoms with Gasteiger partial charge in [-0.25, -0.2) is 0 Å². The first-order valence-corrected chi connectivity index (χ1v) is 16.4. The number of hydrogen-bond acceptors (Lipinski definition) is 2. The van der Waals surface area contributed by atoms with Gasteiger partial charge in [-0.3, -0.25) is 0 Å². The van der Waals surface area contributed by atoms with Gasteiger partial charge in [0.05, 0.1) is 11.4 Å². The Labute approximate surface area is 278 Å². The normalized spacial score (nSPS) is 12.3. The fourth-order valence-electron chi connectivity index (χ4n) is 7.69. The van der Waals surface area contributed by atoms with Crippen molar-refractivity contribution in [1.29, 1.82) is 0 Å². The molecule has 2 nitrogen and oxygen atoms in total. The zero-order valence-corrected chi connectivity index (χ0v) is 26.1. The number of hydrogen-bond donors (Lipinski definition) is 0. The largest absolute Gasteiger partial charge is 0.453 e. The molecular formula is C46H29NO. The molecule has 0 N–H and O–H groups in total. The zero-order chi connectivity index (χ0) is 31.6. The summed E-state index contributed by atoms with van der Waals surface area (Å²) in [6.07, 6.45) is 0. The highest BCUT2D eigenvalue weighted by Gasteiger charge is 2.27. The van der Waals surface area contributed by atoms with Gasteiger partial charge >= 0.3 is 0 Å². The van der Waals surface area contributed by atoms with E-state index in [4.69, 9.17) is 4.74 Å². The fourth-order valence-corrected chi connectivity index (χ4v) is 7.69. The smallest absolute Gasteiger partial charge is 0.152 e. The van der Waals surface area contributed by atoms with E-state index >= 15 is 0 Å². The zero-order valence-electron chi connectivity index (χ0n) is 26.1. The topological polar surface area (TPSA) is 12.5 Å². The first-order chi connectivity index (χ1) is 23.8. The van der Waals surface area contributed by atoms with Gasteiger partial charge in [0.1, 0.15) is 0 Å². The van der Waals surface area contributed by atoms with E-state index in [2.05, 4.69) is 169 Å². The molecule has 48 heavy (non-hydrogen) atoms. The molecule has 9 aromatic rings. The number of para-hydroxylation sites is 3. The molecule has 0 aliphatic carbocycles. The average molecular weight is 612 g/mol. The molecule has 0 aromatic heterocycles. The van der Waals surface area contributed by atoms with Gasteiger partial charge in [-0.05, 0) is 108 Å². The first kappa shape index (κ1) is 26.8. The van der Waals surface area contributed by atoms with E-state index in [0.29, 0.717) is 0 Å². The standard InChI is InChI=1S/C46H29NO/c1-2-13-34(14-3-1)47-41-20-10-11-21-43(41)48-44-29-33(25-27-42(44)47)46-39-18-8-6-16-37(39)45(38-17-7-9-19-40(38)46)32-24-26-36-31(28-32)23-22-30-12-4-5-15-35(30)36/h1-29H. The van der Waals surface area contributed by atoms with Crippen LogP contribution in [0.3, 0.4) is 0 Å². The Kier molecular flexibility index (Phi) is 5.91. The minimum Gasteiger partial charge on any atom is -0.453 e. The Hall–Kier alpha value is -6.38. The molecule has 2 heteroatoms. The first-order valence-electron chi connectivity index (χ1n) is 16.4. The third-order valence-electron chi connectivity index (χ3n) is 9.79. The summed E-state index contributed by atoms with van der Waals surface area (Å²) in [6.45, 7) is 0. The van der Waals surface area contributed by atoms with E-state index in [1.807, 2.05) is 12.1 Å². The minimum atomic E-state index is 0.842. The van der Waals surface area contributed by atoms with Crippen LogP contribution in [0.25, 0.3) is 65.3 Å². The Bertz CT molecular complexity index is 2650. The lowest BCUT2D eigenvalue weighted by Gasteiger charge is -2.33. The lowest BCUT2D eigenvalue weighted by molar-refractivity contribution is 0.477. The molecule has 0 amide bonds. The molecule has 10 rings (SSSR count). The van der Waals surface area contributed by atoms with E-state index in [1.165, 1.54) is 59.8 Å². The van der Waals surface area contributed by atoms with Crippen molar-refractivity contribution < 1.29 is 4.74 Å². The van der Waals surface area contributed by atoms with Crippen molar-refractivity contribution in [1.82, 2.24) is 0 Å². The molecule has 0 spiro atoms. The Morgan fingerprint density at radius 1 is 0.333 bits per heavy atom. The lowest BCUT2D eigenvalue weighted by Crippen LogP contribution is -2.15. The van der Waals surface area contributed by atoms with Gasteiger partial charge in [0, 0.05) is 5.69 Å². The molecule has 1 aliphatic rings. The Morgan fingerprint density at radius 2 is 0.854 bits per heavy atom.